The van der Waals surface area contributed by atoms with Crippen molar-refractivity contribution in [3.05, 3.63) is 43.9 Å². The number of nitrogens with zero attached hydrogens (tertiary/aromatic N) is 1. The molecule has 24 heavy (non-hydrogen) atoms. The number of nitrogens with one attached hydrogen (secondary N) is 2. The first kappa shape index (κ1) is 16.7. The molecule has 1 amide bonds. The van der Waals surface area contributed by atoms with Crippen LogP contribution in [0.15, 0.2) is 32.7 Å². The van der Waals surface area contributed by atoms with Gasteiger partial charge in [-0.25, -0.2) is 4.79 Å². The maximum absolute atomic E-state index is 12.3. The van der Waals surface area contributed by atoms with Gasteiger partial charge in [0.1, 0.15) is 4.70 Å². The van der Waals surface area contributed by atoms with Gasteiger partial charge in [-0.15, -0.1) is 11.3 Å². The molecule has 0 atom stereocenters. The van der Waals surface area contributed by atoms with Crippen LogP contribution in [0.2, 0.25) is 0 Å². The third-order valence-electron chi connectivity index (χ3n) is 4.31. The van der Waals surface area contributed by atoms with Crippen LogP contribution in [0.25, 0.3) is 10.2 Å². The Morgan fingerprint density at radius 2 is 2.21 bits per heavy atom. The number of allylic oxidation sites excluding steroid dienone is 1. The lowest BCUT2D eigenvalue weighted by Gasteiger charge is -2.13. The van der Waals surface area contributed by atoms with Crippen LogP contribution in [0.4, 0.5) is 0 Å². The van der Waals surface area contributed by atoms with E-state index in [0.717, 1.165) is 23.8 Å². The highest BCUT2D eigenvalue weighted by atomic mass is 32.1. The van der Waals surface area contributed by atoms with Crippen molar-refractivity contribution in [3.63, 3.8) is 0 Å². The smallest absolute Gasteiger partial charge is 0.328 e. The summed E-state index contributed by atoms with van der Waals surface area (Å²) in [4.78, 5) is 38.8. The molecule has 128 valence electrons. The summed E-state index contributed by atoms with van der Waals surface area (Å²) in [5, 5.41) is 4.63. The van der Waals surface area contributed by atoms with Crippen molar-refractivity contribution in [2.45, 2.75) is 45.1 Å². The molecule has 1 aliphatic rings. The maximum Gasteiger partial charge on any atom is 0.328 e. The Morgan fingerprint density at radius 1 is 1.33 bits per heavy atom. The third-order valence-corrected chi connectivity index (χ3v) is 5.21. The molecule has 0 spiro atoms. The monoisotopic (exact) mass is 347 g/mol. The van der Waals surface area contributed by atoms with E-state index in [9.17, 15) is 14.4 Å². The molecule has 2 aromatic heterocycles. The van der Waals surface area contributed by atoms with Crippen molar-refractivity contribution < 1.29 is 4.79 Å². The van der Waals surface area contributed by atoms with Crippen LogP contribution in [0, 0.1) is 0 Å². The van der Waals surface area contributed by atoms with Crippen LogP contribution < -0.4 is 16.6 Å². The summed E-state index contributed by atoms with van der Waals surface area (Å²) in [6.45, 7) is 0.705. The number of aromatic nitrogens is 2. The molecule has 0 fully saturated rings. The number of carbonyl (C=O) groups is 1. The molecular formula is C17H21N3O3S. The fraction of sp³-hybridized carbons (Fsp3) is 0.471. The summed E-state index contributed by atoms with van der Waals surface area (Å²) in [6, 6.07) is 1.71. The van der Waals surface area contributed by atoms with Gasteiger partial charge in [0, 0.05) is 19.5 Å². The molecule has 0 aromatic carbocycles. The second-order valence-corrected chi connectivity index (χ2v) is 6.92. The number of amides is 1. The third kappa shape index (κ3) is 3.84. The van der Waals surface area contributed by atoms with Gasteiger partial charge in [-0.1, -0.05) is 11.6 Å². The number of fused-ring (bicyclic) bond motifs is 1. The van der Waals surface area contributed by atoms with Gasteiger partial charge < -0.3 is 10.3 Å². The number of carbonyl (C=O) groups excluding carboxylic acids is 1. The number of H-pyrrole nitrogens is 1. The Balaban J connectivity index is 1.54. The highest BCUT2D eigenvalue weighted by Crippen LogP contribution is 2.19. The standard InChI is InChI=1S/C17H21N3O3S/c21-14(18-9-6-12-4-2-1-3-5-12)7-10-20-16(22)15-13(8-11-24-15)19-17(20)23/h4,8,11H,1-3,5-7,9-10H2,(H,18,21)(H,19,23). The van der Waals surface area contributed by atoms with Gasteiger partial charge in [0.15, 0.2) is 0 Å². The van der Waals surface area contributed by atoms with Gasteiger partial charge in [0.25, 0.3) is 5.56 Å². The first-order valence-corrected chi connectivity index (χ1v) is 9.18. The molecular weight excluding hydrogens is 326 g/mol. The Labute approximate surface area is 143 Å². The Kier molecular flexibility index (Phi) is 5.30. The summed E-state index contributed by atoms with van der Waals surface area (Å²) in [5.41, 5.74) is 1.17. The summed E-state index contributed by atoms with van der Waals surface area (Å²) in [7, 11) is 0. The van der Waals surface area contributed by atoms with Crippen LogP contribution in [0.3, 0.4) is 0 Å². The lowest BCUT2D eigenvalue weighted by molar-refractivity contribution is -0.121. The zero-order valence-electron chi connectivity index (χ0n) is 13.5. The molecule has 2 aromatic rings. The zero-order chi connectivity index (χ0) is 16.9. The molecule has 0 aliphatic heterocycles. The number of aromatic amines is 1. The molecule has 3 rings (SSSR count). The largest absolute Gasteiger partial charge is 0.356 e. The van der Waals surface area contributed by atoms with Gasteiger partial charge in [0.2, 0.25) is 5.91 Å². The highest BCUT2D eigenvalue weighted by Gasteiger charge is 2.10. The van der Waals surface area contributed by atoms with Crippen molar-refractivity contribution in [1.82, 2.24) is 14.9 Å². The quantitative estimate of drug-likeness (QED) is 0.785. The zero-order valence-corrected chi connectivity index (χ0v) is 14.3. The minimum absolute atomic E-state index is 0.0938. The van der Waals surface area contributed by atoms with Crippen LogP contribution in [0.1, 0.15) is 38.5 Å². The van der Waals surface area contributed by atoms with Gasteiger partial charge in [0.05, 0.1) is 5.52 Å². The second kappa shape index (κ2) is 7.61. The second-order valence-electron chi connectivity index (χ2n) is 6.01. The molecule has 2 N–H and O–H groups in total. The first-order chi connectivity index (χ1) is 11.6. The summed E-state index contributed by atoms with van der Waals surface area (Å²) < 4.78 is 1.61. The average molecular weight is 347 g/mol. The molecule has 0 saturated carbocycles. The minimum Gasteiger partial charge on any atom is -0.356 e. The van der Waals surface area contributed by atoms with Crippen molar-refractivity contribution in [1.29, 1.82) is 0 Å². The molecule has 2 heterocycles. The van der Waals surface area contributed by atoms with Gasteiger partial charge >= 0.3 is 5.69 Å². The van der Waals surface area contributed by atoms with Crippen LogP contribution in [0.5, 0.6) is 0 Å². The molecule has 0 bridgehead atoms. The number of rotatable bonds is 6. The van der Waals surface area contributed by atoms with E-state index in [2.05, 4.69) is 16.4 Å². The Morgan fingerprint density at radius 3 is 3.00 bits per heavy atom. The molecule has 0 unspecified atom stereocenters. The highest BCUT2D eigenvalue weighted by molar-refractivity contribution is 7.17. The van der Waals surface area contributed by atoms with Crippen LogP contribution in [-0.2, 0) is 11.3 Å². The molecule has 0 radical (unpaired) electrons. The molecule has 1 aliphatic carbocycles. The van der Waals surface area contributed by atoms with Gasteiger partial charge in [-0.3, -0.25) is 14.2 Å². The van der Waals surface area contributed by atoms with Gasteiger partial charge in [-0.05, 0) is 43.6 Å². The predicted molar refractivity (Wildman–Crippen MR) is 95.5 cm³/mol. The van der Waals surface area contributed by atoms with Gasteiger partial charge in [-0.2, -0.15) is 0 Å². The predicted octanol–water partition coefficient (Wildman–Crippen LogP) is 2.15. The summed E-state index contributed by atoms with van der Waals surface area (Å²) >= 11 is 1.29. The summed E-state index contributed by atoms with van der Waals surface area (Å²) in [6.07, 6.45) is 8.03. The molecule has 6 nitrogen and oxygen atoms in total. The number of hydrogen-bond donors (Lipinski definition) is 2. The van der Waals surface area contributed by atoms with E-state index < -0.39 is 5.69 Å². The van der Waals surface area contributed by atoms with Crippen molar-refractivity contribution in [3.8, 4) is 0 Å². The van der Waals surface area contributed by atoms with Crippen molar-refractivity contribution >= 4 is 27.5 Å². The number of hydrogen-bond acceptors (Lipinski definition) is 4. The van der Waals surface area contributed by atoms with Crippen LogP contribution in [-0.4, -0.2) is 22.0 Å². The summed E-state index contributed by atoms with van der Waals surface area (Å²) in [5.74, 6) is -0.135. The van der Waals surface area contributed by atoms with E-state index in [0.29, 0.717) is 16.8 Å². The normalized spacial score (nSPS) is 14.6. The lowest BCUT2D eigenvalue weighted by atomic mass is 9.97. The van der Waals surface area contributed by atoms with E-state index in [1.807, 2.05) is 0 Å². The van der Waals surface area contributed by atoms with Crippen LogP contribution >= 0.6 is 11.3 Å². The van der Waals surface area contributed by atoms with E-state index in [1.54, 1.807) is 11.4 Å². The minimum atomic E-state index is -0.467. The fourth-order valence-electron chi connectivity index (χ4n) is 2.97. The van der Waals surface area contributed by atoms with E-state index >= 15 is 0 Å². The number of thiophene rings is 1. The maximum atomic E-state index is 12.3. The average Bonchev–Trinajstić information content (AvgIpc) is 3.04. The lowest BCUT2D eigenvalue weighted by Crippen LogP contribution is -2.36. The van der Waals surface area contributed by atoms with E-state index in [4.69, 9.17) is 0 Å². The van der Waals surface area contributed by atoms with Crippen molar-refractivity contribution in [2.24, 2.45) is 0 Å². The van der Waals surface area contributed by atoms with Crippen molar-refractivity contribution in [2.75, 3.05) is 6.54 Å². The SMILES string of the molecule is O=C(CCn1c(=O)[nH]c2ccsc2c1=O)NCCC1=CCCCC1. The molecule has 7 heteroatoms. The Bertz CT molecular complexity index is 875. The first-order valence-electron chi connectivity index (χ1n) is 8.30. The topological polar surface area (TPSA) is 84.0 Å². The molecule has 0 saturated heterocycles. The Hall–Kier alpha value is -2.15. The van der Waals surface area contributed by atoms with E-state index in [1.165, 1.54) is 29.8 Å². The fourth-order valence-corrected chi connectivity index (χ4v) is 3.77. The van der Waals surface area contributed by atoms with E-state index in [-0.39, 0.29) is 24.4 Å².